The highest BCUT2D eigenvalue weighted by Gasteiger charge is 2.27. The van der Waals surface area contributed by atoms with E-state index in [1.165, 1.54) is 0 Å². The van der Waals surface area contributed by atoms with E-state index in [0.29, 0.717) is 18.7 Å². The van der Waals surface area contributed by atoms with Gasteiger partial charge in [-0.3, -0.25) is 14.5 Å². The number of carbonyl (C=O) groups excluding carboxylic acids is 1. The van der Waals surface area contributed by atoms with Crippen LogP contribution >= 0.6 is 0 Å². The van der Waals surface area contributed by atoms with Gasteiger partial charge in [0.15, 0.2) is 0 Å². The number of hydrogen-bond donors (Lipinski definition) is 0. The van der Waals surface area contributed by atoms with Gasteiger partial charge in [0.1, 0.15) is 12.4 Å². The van der Waals surface area contributed by atoms with Crippen LogP contribution in [0.4, 0.5) is 0 Å². The van der Waals surface area contributed by atoms with E-state index >= 15 is 0 Å². The highest BCUT2D eigenvalue weighted by Crippen LogP contribution is 2.30. The SMILES string of the molecule is CC1COc2ccc(-c3cccnc3)cc2CN1C(=O)c1cnn(C)c1. The van der Waals surface area contributed by atoms with Crippen LogP contribution in [0.1, 0.15) is 22.8 Å². The fourth-order valence-electron chi connectivity index (χ4n) is 3.17. The van der Waals surface area contributed by atoms with Crippen LogP contribution in [-0.4, -0.2) is 38.2 Å². The summed E-state index contributed by atoms with van der Waals surface area (Å²) in [6.07, 6.45) is 6.94. The molecule has 1 amide bonds. The Labute approximate surface area is 152 Å². The van der Waals surface area contributed by atoms with E-state index in [-0.39, 0.29) is 11.9 Å². The van der Waals surface area contributed by atoms with Gasteiger partial charge in [0.2, 0.25) is 0 Å². The van der Waals surface area contributed by atoms with E-state index in [9.17, 15) is 4.79 Å². The van der Waals surface area contributed by atoms with Crippen molar-refractivity contribution >= 4 is 5.91 Å². The van der Waals surface area contributed by atoms with E-state index < -0.39 is 0 Å². The van der Waals surface area contributed by atoms with Gasteiger partial charge in [-0.05, 0) is 30.7 Å². The maximum atomic E-state index is 12.9. The molecule has 132 valence electrons. The number of nitrogens with zero attached hydrogens (tertiary/aromatic N) is 4. The number of rotatable bonds is 2. The highest BCUT2D eigenvalue weighted by molar-refractivity contribution is 5.94. The molecule has 0 aliphatic carbocycles. The summed E-state index contributed by atoms with van der Waals surface area (Å²) in [5.41, 5.74) is 3.68. The number of amides is 1. The lowest BCUT2D eigenvalue weighted by atomic mass is 10.0. The van der Waals surface area contributed by atoms with Crippen LogP contribution in [0, 0.1) is 0 Å². The molecule has 2 aromatic heterocycles. The molecule has 0 N–H and O–H groups in total. The summed E-state index contributed by atoms with van der Waals surface area (Å²) in [4.78, 5) is 19.0. The highest BCUT2D eigenvalue weighted by atomic mass is 16.5. The summed E-state index contributed by atoms with van der Waals surface area (Å²) in [5, 5.41) is 4.11. The van der Waals surface area contributed by atoms with Gasteiger partial charge in [0.25, 0.3) is 5.91 Å². The Morgan fingerprint density at radius 2 is 2.12 bits per heavy atom. The molecule has 0 bridgehead atoms. The van der Waals surface area contributed by atoms with Gasteiger partial charge in [-0.15, -0.1) is 0 Å². The molecule has 1 unspecified atom stereocenters. The van der Waals surface area contributed by atoms with E-state index in [0.717, 1.165) is 22.4 Å². The Morgan fingerprint density at radius 1 is 1.23 bits per heavy atom. The number of hydrogen-bond acceptors (Lipinski definition) is 4. The normalized spacial score (nSPS) is 16.5. The van der Waals surface area contributed by atoms with E-state index in [1.54, 1.807) is 30.3 Å². The third-order valence-corrected chi connectivity index (χ3v) is 4.62. The molecule has 3 aromatic rings. The Balaban J connectivity index is 1.67. The number of ether oxygens (including phenoxy) is 1. The van der Waals surface area contributed by atoms with Crippen molar-refractivity contribution in [1.29, 1.82) is 0 Å². The second-order valence-corrected chi connectivity index (χ2v) is 6.56. The minimum absolute atomic E-state index is 0.0306. The number of aromatic nitrogens is 3. The van der Waals surface area contributed by atoms with Crippen molar-refractivity contribution in [3.63, 3.8) is 0 Å². The molecule has 6 heteroatoms. The summed E-state index contributed by atoms with van der Waals surface area (Å²) in [6, 6.07) is 9.98. The van der Waals surface area contributed by atoms with Gasteiger partial charge in [0.05, 0.1) is 24.3 Å². The molecule has 0 saturated heterocycles. The van der Waals surface area contributed by atoms with Crippen LogP contribution in [0.3, 0.4) is 0 Å². The van der Waals surface area contributed by atoms with E-state index in [1.807, 2.05) is 42.3 Å². The van der Waals surface area contributed by atoms with Crippen LogP contribution in [0.25, 0.3) is 11.1 Å². The lowest BCUT2D eigenvalue weighted by Gasteiger charge is -2.25. The van der Waals surface area contributed by atoms with E-state index in [2.05, 4.69) is 16.1 Å². The van der Waals surface area contributed by atoms with Crippen LogP contribution in [-0.2, 0) is 13.6 Å². The monoisotopic (exact) mass is 348 g/mol. The number of fused-ring (bicyclic) bond motifs is 1. The largest absolute Gasteiger partial charge is 0.491 e. The third kappa shape index (κ3) is 3.06. The molecule has 1 aliphatic heterocycles. The fourth-order valence-corrected chi connectivity index (χ4v) is 3.17. The first-order valence-corrected chi connectivity index (χ1v) is 8.57. The molecule has 0 radical (unpaired) electrons. The summed E-state index contributed by atoms with van der Waals surface area (Å²) < 4.78 is 7.58. The first-order chi connectivity index (χ1) is 12.6. The first kappa shape index (κ1) is 16.3. The topological polar surface area (TPSA) is 60.2 Å². The minimum atomic E-state index is -0.0335. The maximum Gasteiger partial charge on any atom is 0.257 e. The van der Waals surface area contributed by atoms with Crippen LogP contribution in [0.2, 0.25) is 0 Å². The van der Waals surface area contributed by atoms with Crippen molar-refractivity contribution in [3.8, 4) is 16.9 Å². The minimum Gasteiger partial charge on any atom is -0.491 e. The van der Waals surface area contributed by atoms with Gasteiger partial charge >= 0.3 is 0 Å². The average molecular weight is 348 g/mol. The predicted molar refractivity (Wildman–Crippen MR) is 97.7 cm³/mol. The molecule has 0 saturated carbocycles. The summed E-state index contributed by atoms with van der Waals surface area (Å²) in [5.74, 6) is 0.791. The molecule has 6 nitrogen and oxygen atoms in total. The lowest BCUT2D eigenvalue weighted by Crippen LogP contribution is -2.39. The smallest absolute Gasteiger partial charge is 0.257 e. The molecular formula is C20H20N4O2. The molecule has 1 atom stereocenters. The van der Waals surface area contributed by atoms with Crippen molar-refractivity contribution in [3.05, 3.63) is 66.2 Å². The van der Waals surface area contributed by atoms with Crippen molar-refractivity contribution < 1.29 is 9.53 Å². The summed E-state index contributed by atoms with van der Waals surface area (Å²) >= 11 is 0. The second-order valence-electron chi connectivity index (χ2n) is 6.56. The Kier molecular flexibility index (Phi) is 4.16. The molecule has 0 fully saturated rings. The third-order valence-electron chi connectivity index (χ3n) is 4.62. The molecule has 0 spiro atoms. The number of benzene rings is 1. The van der Waals surface area contributed by atoms with Gasteiger partial charge in [-0.2, -0.15) is 5.10 Å². The second kappa shape index (κ2) is 6.63. The van der Waals surface area contributed by atoms with Crippen molar-refractivity contribution in [2.45, 2.75) is 19.5 Å². The lowest BCUT2D eigenvalue weighted by molar-refractivity contribution is 0.0645. The van der Waals surface area contributed by atoms with Crippen molar-refractivity contribution in [2.75, 3.05) is 6.61 Å². The van der Waals surface area contributed by atoms with Crippen LogP contribution in [0.15, 0.2) is 55.1 Å². The molecular weight excluding hydrogens is 328 g/mol. The Hall–Kier alpha value is -3.15. The average Bonchev–Trinajstić information content (AvgIpc) is 3.03. The Morgan fingerprint density at radius 3 is 2.85 bits per heavy atom. The van der Waals surface area contributed by atoms with Crippen molar-refractivity contribution in [1.82, 2.24) is 19.7 Å². The predicted octanol–water partition coefficient (Wildman–Crippen LogP) is 2.91. The van der Waals surface area contributed by atoms with Gasteiger partial charge in [-0.25, -0.2) is 0 Å². The standard InChI is InChI=1S/C20H20N4O2/c1-14-13-26-19-6-5-15(16-4-3-7-21-9-16)8-17(19)12-24(14)20(25)18-10-22-23(2)11-18/h3-11,14H,12-13H2,1-2H3. The molecule has 3 heterocycles. The van der Waals surface area contributed by atoms with E-state index in [4.69, 9.17) is 4.74 Å². The van der Waals surface area contributed by atoms with Gasteiger partial charge in [0, 0.05) is 36.8 Å². The first-order valence-electron chi connectivity index (χ1n) is 8.57. The zero-order valence-electron chi connectivity index (χ0n) is 14.8. The molecule has 1 aromatic carbocycles. The summed E-state index contributed by atoms with van der Waals surface area (Å²) in [7, 11) is 1.81. The Bertz CT molecular complexity index is 936. The zero-order chi connectivity index (χ0) is 18.1. The van der Waals surface area contributed by atoms with Crippen LogP contribution < -0.4 is 4.74 Å². The molecule has 4 rings (SSSR count). The summed E-state index contributed by atoms with van der Waals surface area (Å²) in [6.45, 7) is 2.96. The maximum absolute atomic E-state index is 12.9. The quantitative estimate of drug-likeness (QED) is 0.714. The number of aryl methyl sites for hydroxylation is 1. The number of pyridine rings is 1. The fraction of sp³-hybridized carbons (Fsp3) is 0.250. The van der Waals surface area contributed by atoms with Gasteiger partial charge in [-0.1, -0.05) is 12.1 Å². The van der Waals surface area contributed by atoms with Crippen molar-refractivity contribution in [2.24, 2.45) is 7.05 Å². The zero-order valence-corrected chi connectivity index (χ0v) is 14.8. The van der Waals surface area contributed by atoms with Crippen LogP contribution in [0.5, 0.6) is 5.75 Å². The molecule has 26 heavy (non-hydrogen) atoms. The number of carbonyl (C=O) groups is 1. The molecule has 1 aliphatic rings. The van der Waals surface area contributed by atoms with Gasteiger partial charge < -0.3 is 9.64 Å².